The van der Waals surface area contributed by atoms with Gasteiger partial charge in [-0.1, -0.05) is 6.07 Å². The van der Waals surface area contributed by atoms with Gasteiger partial charge in [0, 0.05) is 16.7 Å². The second kappa shape index (κ2) is 6.51. The second-order valence-corrected chi connectivity index (χ2v) is 5.17. The maximum Gasteiger partial charge on any atom is 0.293 e. The Morgan fingerprint density at radius 1 is 1.19 bits per heavy atom. The number of thioether (sulfide) groups is 1. The number of rotatable bonds is 5. The second-order valence-electron chi connectivity index (χ2n) is 4.12. The molecule has 5 nitrogen and oxygen atoms in total. The van der Waals surface area contributed by atoms with Crippen LogP contribution in [0.4, 0.5) is 20.2 Å². The molecule has 0 amide bonds. The van der Waals surface area contributed by atoms with Crippen molar-refractivity contribution in [3.8, 4) is 0 Å². The van der Waals surface area contributed by atoms with Crippen LogP contribution in [0, 0.1) is 21.7 Å². The molecule has 0 aliphatic carbocycles. The van der Waals surface area contributed by atoms with Crippen molar-refractivity contribution in [2.75, 3.05) is 5.43 Å². The molecular weight excluding hydrogens is 300 g/mol. The molecule has 8 heteroatoms. The van der Waals surface area contributed by atoms with E-state index < -0.39 is 16.6 Å². The lowest BCUT2D eigenvalue weighted by Crippen LogP contribution is -2.09. The number of hydrogen-bond acceptors (Lipinski definition) is 5. The lowest BCUT2D eigenvalue weighted by Gasteiger charge is -2.06. The lowest BCUT2D eigenvalue weighted by atomic mass is 10.2. The molecule has 3 N–H and O–H groups in total. The number of hydrazine groups is 1. The van der Waals surface area contributed by atoms with Gasteiger partial charge in [0.05, 0.1) is 4.92 Å². The predicted octanol–water partition coefficient (Wildman–Crippen LogP) is 3.45. The SMILES string of the molecule is NNc1ccc(CSc2ccc(F)c(F)c2)cc1[N+](=O)[O-]. The van der Waals surface area contributed by atoms with Crippen LogP contribution in [0.5, 0.6) is 0 Å². The van der Waals surface area contributed by atoms with Crippen molar-refractivity contribution in [3.63, 3.8) is 0 Å². The Morgan fingerprint density at radius 2 is 1.95 bits per heavy atom. The van der Waals surface area contributed by atoms with Gasteiger partial charge in [-0.2, -0.15) is 0 Å². The summed E-state index contributed by atoms with van der Waals surface area (Å²) in [7, 11) is 0. The van der Waals surface area contributed by atoms with E-state index in [9.17, 15) is 18.9 Å². The highest BCUT2D eigenvalue weighted by Gasteiger charge is 2.14. The first-order chi connectivity index (χ1) is 10.0. The van der Waals surface area contributed by atoms with E-state index in [1.807, 2.05) is 0 Å². The number of nitrogen functional groups attached to an aromatic ring is 1. The quantitative estimate of drug-likeness (QED) is 0.382. The number of nitro benzene ring substituents is 1. The van der Waals surface area contributed by atoms with E-state index in [-0.39, 0.29) is 11.4 Å². The Labute approximate surface area is 123 Å². The molecule has 0 aliphatic heterocycles. The summed E-state index contributed by atoms with van der Waals surface area (Å²) in [5, 5.41) is 10.9. The molecule has 0 saturated heterocycles. The first-order valence-corrected chi connectivity index (χ1v) is 6.81. The molecule has 0 aromatic heterocycles. The third-order valence-corrected chi connectivity index (χ3v) is 3.78. The Bertz CT molecular complexity index is 682. The van der Waals surface area contributed by atoms with Gasteiger partial charge in [-0.3, -0.25) is 16.0 Å². The number of nitrogens with two attached hydrogens (primary N) is 1. The van der Waals surface area contributed by atoms with Gasteiger partial charge in [0.1, 0.15) is 5.69 Å². The fourth-order valence-electron chi connectivity index (χ4n) is 1.67. The molecule has 21 heavy (non-hydrogen) atoms. The number of anilines is 1. The third-order valence-electron chi connectivity index (χ3n) is 2.71. The van der Waals surface area contributed by atoms with Gasteiger partial charge in [-0.15, -0.1) is 11.8 Å². The van der Waals surface area contributed by atoms with Crippen LogP contribution in [0.2, 0.25) is 0 Å². The number of halogens is 2. The summed E-state index contributed by atoms with van der Waals surface area (Å²) in [5.41, 5.74) is 3.00. The molecule has 110 valence electrons. The number of nitrogens with zero attached hydrogens (tertiary/aromatic N) is 1. The first kappa shape index (κ1) is 15.2. The smallest absolute Gasteiger partial charge is 0.293 e. The van der Waals surface area contributed by atoms with Crippen molar-refractivity contribution >= 4 is 23.1 Å². The molecule has 2 aromatic rings. The van der Waals surface area contributed by atoms with E-state index in [1.165, 1.54) is 30.0 Å². The molecule has 0 saturated carbocycles. The Hall–Kier alpha value is -2.19. The molecule has 2 rings (SSSR count). The molecule has 2 aromatic carbocycles. The van der Waals surface area contributed by atoms with E-state index in [1.54, 1.807) is 6.07 Å². The van der Waals surface area contributed by atoms with Crippen LogP contribution in [0.25, 0.3) is 0 Å². The molecule has 0 bridgehead atoms. The van der Waals surface area contributed by atoms with E-state index in [0.29, 0.717) is 16.2 Å². The summed E-state index contributed by atoms with van der Waals surface area (Å²) in [5.74, 6) is 3.75. The topological polar surface area (TPSA) is 81.2 Å². The molecule has 0 fully saturated rings. The Balaban J connectivity index is 2.14. The van der Waals surface area contributed by atoms with E-state index >= 15 is 0 Å². The van der Waals surface area contributed by atoms with Crippen LogP contribution in [-0.4, -0.2) is 4.92 Å². The normalized spacial score (nSPS) is 10.4. The van der Waals surface area contributed by atoms with E-state index in [0.717, 1.165) is 12.1 Å². The highest BCUT2D eigenvalue weighted by Crippen LogP contribution is 2.29. The zero-order valence-corrected chi connectivity index (χ0v) is 11.5. The van der Waals surface area contributed by atoms with Gasteiger partial charge in [0.25, 0.3) is 5.69 Å². The first-order valence-electron chi connectivity index (χ1n) is 5.83. The van der Waals surface area contributed by atoms with Crippen molar-refractivity contribution in [1.29, 1.82) is 0 Å². The number of benzene rings is 2. The van der Waals surface area contributed by atoms with Gasteiger partial charge in [-0.25, -0.2) is 8.78 Å². The molecule has 0 radical (unpaired) electrons. The average molecular weight is 311 g/mol. The summed E-state index contributed by atoms with van der Waals surface area (Å²) in [6.45, 7) is 0. The van der Waals surface area contributed by atoms with Gasteiger partial charge in [0.2, 0.25) is 0 Å². The largest absolute Gasteiger partial charge is 0.318 e. The Kier molecular flexibility index (Phi) is 4.71. The zero-order valence-electron chi connectivity index (χ0n) is 10.7. The summed E-state index contributed by atoms with van der Waals surface area (Å²) in [6, 6.07) is 8.15. The van der Waals surface area contributed by atoms with Gasteiger partial charge in [0.15, 0.2) is 11.6 Å². The van der Waals surface area contributed by atoms with Gasteiger partial charge >= 0.3 is 0 Å². The summed E-state index contributed by atoms with van der Waals surface area (Å²) >= 11 is 1.25. The van der Waals surface area contributed by atoms with Crippen LogP contribution >= 0.6 is 11.8 Å². The van der Waals surface area contributed by atoms with Crippen LogP contribution < -0.4 is 11.3 Å². The predicted molar refractivity (Wildman–Crippen MR) is 76.8 cm³/mol. The minimum absolute atomic E-state index is 0.138. The van der Waals surface area contributed by atoms with Crippen molar-refractivity contribution in [2.45, 2.75) is 10.6 Å². The molecular formula is C13H11F2N3O2S. The van der Waals surface area contributed by atoms with Crippen LogP contribution in [0.15, 0.2) is 41.3 Å². The van der Waals surface area contributed by atoms with Crippen LogP contribution in [0.1, 0.15) is 5.56 Å². The zero-order chi connectivity index (χ0) is 15.4. The fraction of sp³-hybridized carbons (Fsp3) is 0.0769. The van der Waals surface area contributed by atoms with Crippen molar-refractivity contribution in [2.24, 2.45) is 5.84 Å². The van der Waals surface area contributed by atoms with Gasteiger partial charge in [-0.05, 0) is 29.8 Å². The maximum absolute atomic E-state index is 13.1. The van der Waals surface area contributed by atoms with E-state index in [2.05, 4.69) is 5.43 Å². The van der Waals surface area contributed by atoms with Crippen LogP contribution in [0.3, 0.4) is 0 Å². The Morgan fingerprint density at radius 3 is 2.57 bits per heavy atom. The van der Waals surface area contributed by atoms with Crippen molar-refractivity contribution in [1.82, 2.24) is 0 Å². The number of nitrogens with one attached hydrogen (secondary N) is 1. The summed E-state index contributed by atoms with van der Waals surface area (Å²) in [6.07, 6.45) is 0. The maximum atomic E-state index is 13.1. The third kappa shape index (κ3) is 3.67. The van der Waals surface area contributed by atoms with Gasteiger partial charge < -0.3 is 5.43 Å². The van der Waals surface area contributed by atoms with Crippen molar-refractivity contribution in [3.05, 3.63) is 63.7 Å². The molecule has 0 spiro atoms. The summed E-state index contributed by atoms with van der Waals surface area (Å²) in [4.78, 5) is 10.9. The fourth-order valence-corrected chi connectivity index (χ4v) is 2.54. The lowest BCUT2D eigenvalue weighted by molar-refractivity contribution is -0.384. The minimum atomic E-state index is -0.923. The number of nitro groups is 1. The van der Waals surface area contributed by atoms with Crippen LogP contribution in [-0.2, 0) is 5.75 Å². The van der Waals surface area contributed by atoms with Crippen molar-refractivity contribution < 1.29 is 13.7 Å². The standard InChI is InChI=1S/C13H11F2N3O2S/c14-10-3-2-9(6-11(10)15)21-7-8-1-4-12(17-16)13(5-8)18(19)20/h1-6,17H,7,16H2. The molecule has 0 heterocycles. The molecule has 0 aliphatic rings. The number of hydrogen-bond donors (Lipinski definition) is 2. The highest BCUT2D eigenvalue weighted by atomic mass is 32.2. The molecule has 0 atom stereocenters. The minimum Gasteiger partial charge on any atom is -0.318 e. The highest BCUT2D eigenvalue weighted by molar-refractivity contribution is 7.98. The van der Waals surface area contributed by atoms with E-state index in [4.69, 9.17) is 5.84 Å². The monoisotopic (exact) mass is 311 g/mol. The average Bonchev–Trinajstić information content (AvgIpc) is 2.48. The molecule has 0 unspecified atom stereocenters. The summed E-state index contributed by atoms with van der Waals surface area (Å²) < 4.78 is 25.9.